The minimum atomic E-state index is -0.379. The van der Waals surface area contributed by atoms with Gasteiger partial charge in [0.25, 0.3) is 0 Å². The molecule has 2 atom stereocenters. The zero-order chi connectivity index (χ0) is 21.3. The van der Waals surface area contributed by atoms with Gasteiger partial charge in [-0.05, 0) is 56.0 Å². The number of aromatic nitrogens is 2. The van der Waals surface area contributed by atoms with Gasteiger partial charge in [-0.15, -0.1) is 22.7 Å². The number of amides is 1. The summed E-state index contributed by atoms with van der Waals surface area (Å²) >= 11 is 4.46. The fraction of sp³-hybridized carbons (Fsp3) is 0.429. The van der Waals surface area contributed by atoms with Gasteiger partial charge in [0.2, 0.25) is 5.91 Å². The van der Waals surface area contributed by atoms with Gasteiger partial charge in [0.05, 0.1) is 17.4 Å². The van der Waals surface area contributed by atoms with Crippen LogP contribution in [0.5, 0.6) is 0 Å². The molecule has 0 aliphatic heterocycles. The number of fused-ring (bicyclic) bond motifs is 2. The van der Waals surface area contributed by atoms with Crippen LogP contribution in [0, 0.1) is 5.92 Å². The standard InChI is InChI=1S/C21H23N3O3S3/c1-4-27-21(26)16-13-6-5-11(2)9-15(13)30-20(16)24-17(25)12(3)29-19-14-7-8-28-18(14)22-10-23-19/h7-8,10-12H,4-6,9H2,1-3H3,(H,24,25)/t11-,12-/m0/s1. The molecule has 0 bridgehead atoms. The number of hydrogen-bond acceptors (Lipinski definition) is 8. The smallest absolute Gasteiger partial charge is 0.341 e. The summed E-state index contributed by atoms with van der Waals surface area (Å²) in [5, 5.41) is 6.94. The van der Waals surface area contributed by atoms with Gasteiger partial charge in [-0.1, -0.05) is 18.7 Å². The number of nitrogens with zero attached hydrogens (tertiary/aromatic N) is 2. The molecule has 0 saturated carbocycles. The third kappa shape index (κ3) is 4.24. The second-order valence-electron chi connectivity index (χ2n) is 7.34. The quantitative estimate of drug-likeness (QED) is 0.310. The number of thioether (sulfide) groups is 1. The minimum Gasteiger partial charge on any atom is -0.462 e. The molecule has 0 unspecified atom stereocenters. The van der Waals surface area contributed by atoms with Gasteiger partial charge >= 0.3 is 5.97 Å². The van der Waals surface area contributed by atoms with Gasteiger partial charge in [0.15, 0.2) is 0 Å². The lowest BCUT2D eigenvalue weighted by atomic mass is 9.88. The van der Waals surface area contributed by atoms with E-state index in [9.17, 15) is 9.59 Å². The van der Waals surface area contributed by atoms with E-state index in [1.165, 1.54) is 34.3 Å². The van der Waals surface area contributed by atoms with Crippen molar-refractivity contribution in [3.63, 3.8) is 0 Å². The molecule has 1 aliphatic rings. The summed E-state index contributed by atoms with van der Waals surface area (Å²) in [6.45, 7) is 6.17. The van der Waals surface area contributed by atoms with Crippen LogP contribution >= 0.6 is 34.4 Å². The van der Waals surface area contributed by atoms with Crippen LogP contribution in [0.2, 0.25) is 0 Å². The van der Waals surface area contributed by atoms with E-state index in [1.807, 2.05) is 18.4 Å². The third-order valence-corrected chi connectivity index (χ3v) is 8.22. The van der Waals surface area contributed by atoms with Gasteiger partial charge in [-0.3, -0.25) is 4.79 Å². The molecule has 0 radical (unpaired) electrons. The molecule has 3 heterocycles. The van der Waals surface area contributed by atoms with Crippen molar-refractivity contribution in [3.8, 4) is 0 Å². The maximum absolute atomic E-state index is 13.0. The number of hydrogen-bond donors (Lipinski definition) is 1. The Morgan fingerprint density at radius 1 is 1.40 bits per heavy atom. The Kier molecular flexibility index (Phi) is 6.40. The highest BCUT2D eigenvalue weighted by Gasteiger charge is 2.30. The zero-order valence-corrected chi connectivity index (χ0v) is 19.5. The van der Waals surface area contributed by atoms with Crippen molar-refractivity contribution in [2.75, 3.05) is 11.9 Å². The third-order valence-electron chi connectivity index (χ3n) is 5.11. The predicted octanol–water partition coefficient (Wildman–Crippen LogP) is 5.17. The van der Waals surface area contributed by atoms with Crippen LogP contribution in [0.1, 0.15) is 48.0 Å². The number of carbonyl (C=O) groups excluding carboxylic acids is 2. The molecule has 9 heteroatoms. The number of anilines is 1. The Labute approximate surface area is 187 Å². The first kappa shape index (κ1) is 21.3. The summed E-state index contributed by atoms with van der Waals surface area (Å²) in [4.78, 5) is 36.3. The van der Waals surface area contributed by atoms with Crippen molar-refractivity contribution in [3.05, 3.63) is 33.8 Å². The molecule has 3 aromatic rings. The summed E-state index contributed by atoms with van der Waals surface area (Å²) in [6, 6.07) is 1.97. The number of nitrogens with one attached hydrogen (secondary N) is 1. The first-order valence-corrected chi connectivity index (χ1v) is 12.5. The van der Waals surface area contributed by atoms with E-state index in [2.05, 4.69) is 22.2 Å². The maximum atomic E-state index is 13.0. The highest BCUT2D eigenvalue weighted by molar-refractivity contribution is 8.00. The van der Waals surface area contributed by atoms with Crippen molar-refractivity contribution in [2.24, 2.45) is 5.92 Å². The van der Waals surface area contributed by atoms with Crippen molar-refractivity contribution in [1.29, 1.82) is 0 Å². The Bertz CT molecular complexity index is 1090. The van der Waals surface area contributed by atoms with Crippen LogP contribution in [-0.2, 0) is 22.4 Å². The summed E-state index contributed by atoms with van der Waals surface area (Å²) < 4.78 is 5.29. The number of carbonyl (C=O) groups is 2. The SMILES string of the molecule is CCOC(=O)c1c(NC(=O)[C@H](C)Sc2ncnc3sccc23)sc2c1CC[C@H](C)C2. The molecule has 30 heavy (non-hydrogen) atoms. The van der Waals surface area contributed by atoms with Crippen LogP contribution in [0.15, 0.2) is 22.8 Å². The number of ether oxygens (including phenoxy) is 1. The van der Waals surface area contributed by atoms with Crippen molar-refractivity contribution >= 4 is 61.5 Å². The summed E-state index contributed by atoms with van der Waals surface area (Å²) in [5.41, 5.74) is 1.58. The Balaban J connectivity index is 1.56. The fourth-order valence-electron chi connectivity index (χ4n) is 3.55. The van der Waals surface area contributed by atoms with Crippen molar-refractivity contribution < 1.29 is 14.3 Å². The van der Waals surface area contributed by atoms with Gasteiger partial charge in [0, 0.05) is 10.3 Å². The highest BCUT2D eigenvalue weighted by atomic mass is 32.2. The Morgan fingerprint density at radius 2 is 2.23 bits per heavy atom. The van der Waals surface area contributed by atoms with Crippen LogP contribution in [0.4, 0.5) is 5.00 Å². The summed E-state index contributed by atoms with van der Waals surface area (Å²) in [5.74, 6) is 0.0742. The number of esters is 1. The van der Waals surface area contributed by atoms with E-state index >= 15 is 0 Å². The van der Waals surface area contributed by atoms with E-state index in [1.54, 1.807) is 18.3 Å². The number of rotatable bonds is 6. The van der Waals surface area contributed by atoms with E-state index < -0.39 is 0 Å². The molecule has 1 aliphatic carbocycles. The maximum Gasteiger partial charge on any atom is 0.341 e. The summed E-state index contributed by atoms with van der Waals surface area (Å²) in [6.07, 6.45) is 4.35. The topological polar surface area (TPSA) is 81.2 Å². The van der Waals surface area contributed by atoms with Gasteiger partial charge in [-0.25, -0.2) is 14.8 Å². The second kappa shape index (κ2) is 9.03. The van der Waals surface area contributed by atoms with Gasteiger partial charge in [0.1, 0.15) is 21.2 Å². The minimum absolute atomic E-state index is 0.154. The monoisotopic (exact) mass is 461 g/mol. The molecule has 0 fully saturated rings. The second-order valence-corrected chi connectivity index (χ2v) is 10.7. The lowest BCUT2D eigenvalue weighted by Crippen LogP contribution is -2.23. The molecule has 0 aromatic carbocycles. The van der Waals surface area contributed by atoms with Crippen molar-refractivity contribution in [2.45, 2.75) is 50.3 Å². The molecule has 6 nitrogen and oxygen atoms in total. The lowest BCUT2D eigenvalue weighted by Gasteiger charge is -2.18. The largest absolute Gasteiger partial charge is 0.462 e. The average molecular weight is 462 g/mol. The van der Waals surface area contributed by atoms with E-state index in [0.717, 1.165) is 40.1 Å². The Morgan fingerprint density at radius 3 is 3.03 bits per heavy atom. The molecule has 158 valence electrons. The molecule has 0 spiro atoms. The van der Waals surface area contributed by atoms with Crippen LogP contribution in [0.25, 0.3) is 10.2 Å². The number of thiophene rings is 2. The molecule has 0 saturated heterocycles. The van der Waals surface area contributed by atoms with E-state index in [-0.39, 0.29) is 17.1 Å². The average Bonchev–Trinajstić information content (AvgIpc) is 3.32. The Hall–Kier alpha value is -1.97. The highest BCUT2D eigenvalue weighted by Crippen LogP contribution is 2.40. The van der Waals surface area contributed by atoms with Crippen LogP contribution in [-0.4, -0.2) is 33.7 Å². The zero-order valence-electron chi connectivity index (χ0n) is 17.1. The normalized spacial score (nSPS) is 16.8. The lowest BCUT2D eigenvalue weighted by molar-refractivity contribution is -0.115. The van der Waals surface area contributed by atoms with Crippen LogP contribution < -0.4 is 5.32 Å². The fourth-order valence-corrected chi connectivity index (χ4v) is 6.65. The first-order valence-electron chi connectivity index (χ1n) is 9.95. The van der Waals surface area contributed by atoms with Crippen molar-refractivity contribution in [1.82, 2.24) is 9.97 Å². The molecule has 3 aromatic heterocycles. The summed E-state index contributed by atoms with van der Waals surface area (Å²) in [7, 11) is 0. The molecule has 1 N–H and O–H groups in total. The van der Waals surface area contributed by atoms with Gasteiger partial charge < -0.3 is 10.1 Å². The molecule has 1 amide bonds. The van der Waals surface area contributed by atoms with E-state index in [0.29, 0.717) is 23.1 Å². The first-order chi connectivity index (χ1) is 14.5. The molecular formula is C21H23N3O3S3. The molecule has 4 rings (SSSR count). The van der Waals surface area contributed by atoms with Gasteiger partial charge in [-0.2, -0.15) is 0 Å². The molecular weight excluding hydrogens is 438 g/mol. The predicted molar refractivity (Wildman–Crippen MR) is 123 cm³/mol. The van der Waals surface area contributed by atoms with Crippen LogP contribution in [0.3, 0.4) is 0 Å². The van der Waals surface area contributed by atoms with E-state index in [4.69, 9.17) is 4.74 Å².